The number of ether oxygens (including phenoxy) is 2. The van der Waals surface area contributed by atoms with Crippen LogP contribution in [0.25, 0.3) is 0 Å². The van der Waals surface area contributed by atoms with Gasteiger partial charge in [-0.05, 0) is 48.8 Å². The first kappa shape index (κ1) is 16.7. The highest BCUT2D eigenvalue weighted by molar-refractivity contribution is 5.80. The number of fused-ring (bicyclic) bond motifs is 3. The minimum Gasteiger partial charge on any atom is -0.486 e. The molecule has 1 amide bonds. The van der Waals surface area contributed by atoms with Crippen molar-refractivity contribution in [1.29, 1.82) is 0 Å². The van der Waals surface area contributed by atoms with Gasteiger partial charge in [0.05, 0.1) is 5.92 Å². The van der Waals surface area contributed by atoms with Crippen LogP contribution in [0.2, 0.25) is 0 Å². The van der Waals surface area contributed by atoms with Gasteiger partial charge in [-0.15, -0.1) is 0 Å². The highest BCUT2D eigenvalue weighted by Gasteiger charge is 2.49. The van der Waals surface area contributed by atoms with Crippen LogP contribution < -0.4 is 20.5 Å². The molecule has 136 valence electrons. The Bertz CT molecular complexity index is 671. The van der Waals surface area contributed by atoms with Gasteiger partial charge in [0, 0.05) is 18.0 Å². The Morgan fingerprint density at radius 3 is 2.64 bits per heavy atom. The predicted molar refractivity (Wildman–Crippen MR) is 95.8 cm³/mol. The quantitative estimate of drug-likeness (QED) is 0.878. The third-order valence-electron chi connectivity index (χ3n) is 6.31. The molecular formula is C20H28N2O3. The molecule has 1 aliphatic heterocycles. The van der Waals surface area contributed by atoms with Gasteiger partial charge in [-0.1, -0.05) is 19.9 Å². The lowest BCUT2D eigenvalue weighted by Crippen LogP contribution is -2.47. The Kier molecular flexibility index (Phi) is 4.14. The van der Waals surface area contributed by atoms with Crippen molar-refractivity contribution >= 4 is 5.91 Å². The van der Waals surface area contributed by atoms with Gasteiger partial charge in [0.2, 0.25) is 5.91 Å². The van der Waals surface area contributed by atoms with E-state index in [0.717, 1.165) is 29.9 Å². The molecule has 0 aromatic heterocycles. The molecule has 2 fully saturated rings. The second-order valence-corrected chi connectivity index (χ2v) is 8.40. The summed E-state index contributed by atoms with van der Waals surface area (Å²) in [6, 6.07) is 6.09. The summed E-state index contributed by atoms with van der Waals surface area (Å²) in [5, 5.41) is 3.17. The summed E-state index contributed by atoms with van der Waals surface area (Å²) in [5.41, 5.74) is 7.25. The minimum atomic E-state index is -0.187. The summed E-state index contributed by atoms with van der Waals surface area (Å²) in [4.78, 5) is 12.7. The van der Waals surface area contributed by atoms with Crippen LogP contribution in [0.3, 0.4) is 0 Å². The third kappa shape index (κ3) is 2.99. The fraction of sp³-hybridized carbons (Fsp3) is 0.650. The van der Waals surface area contributed by atoms with Crippen molar-refractivity contribution in [2.75, 3.05) is 19.8 Å². The molecule has 2 saturated carbocycles. The average Bonchev–Trinajstić information content (AvgIpc) is 3.20. The molecule has 1 aromatic rings. The molecule has 3 aliphatic rings. The Morgan fingerprint density at radius 1 is 1.20 bits per heavy atom. The standard InChI is InChI=1S/C20H28N2O3/c1-20(2,14-5-6-15-16(10-14)25-8-7-24-15)11-22-19(23)17-12-3-4-13(9-12)18(17)21/h5-6,10,12-13,17-18H,3-4,7-9,11,21H2,1-2H3,(H,22,23). The van der Waals surface area contributed by atoms with Crippen molar-refractivity contribution in [2.24, 2.45) is 23.5 Å². The van der Waals surface area contributed by atoms with Crippen LogP contribution in [0.1, 0.15) is 38.7 Å². The van der Waals surface area contributed by atoms with Crippen molar-refractivity contribution in [3.63, 3.8) is 0 Å². The second-order valence-electron chi connectivity index (χ2n) is 8.40. The van der Waals surface area contributed by atoms with Crippen LogP contribution in [0.5, 0.6) is 11.5 Å². The average molecular weight is 344 g/mol. The topological polar surface area (TPSA) is 73.6 Å². The van der Waals surface area contributed by atoms with E-state index in [2.05, 4.69) is 25.2 Å². The number of hydrogen-bond donors (Lipinski definition) is 2. The summed E-state index contributed by atoms with van der Waals surface area (Å²) < 4.78 is 11.3. The molecule has 0 saturated heterocycles. The number of nitrogens with two attached hydrogens (primary N) is 1. The first-order chi connectivity index (χ1) is 12.0. The number of hydrogen-bond acceptors (Lipinski definition) is 4. The predicted octanol–water partition coefficient (Wildman–Crippen LogP) is 2.22. The van der Waals surface area contributed by atoms with Crippen LogP contribution in [-0.2, 0) is 10.2 Å². The van der Waals surface area contributed by atoms with Gasteiger partial charge in [-0.2, -0.15) is 0 Å². The molecular weight excluding hydrogens is 316 g/mol. The molecule has 2 aliphatic carbocycles. The molecule has 5 nitrogen and oxygen atoms in total. The largest absolute Gasteiger partial charge is 0.486 e. The zero-order valence-electron chi connectivity index (χ0n) is 15.1. The van der Waals surface area contributed by atoms with Crippen molar-refractivity contribution in [1.82, 2.24) is 5.32 Å². The van der Waals surface area contributed by atoms with E-state index in [1.165, 1.54) is 6.42 Å². The fourth-order valence-corrected chi connectivity index (χ4v) is 4.72. The molecule has 4 unspecified atom stereocenters. The highest BCUT2D eigenvalue weighted by atomic mass is 16.6. The Labute approximate surface area is 149 Å². The lowest BCUT2D eigenvalue weighted by molar-refractivity contribution is -0.127. The molecule has 2 bridgehead atoms. The van der Waals surface area contributed by atoms with E-state index in [1.54, 1.807) is 0 Å². The van der Waals surface area contributed by atoms with Crippen molar-refractivity contribution < 1.29 is 14.3 Å². The smallest absolute Gasteiger partial charge is 0.224 e. The van der Waals surface area contributed by atoms with Crippen molar-refractivity contribution in [2.45, 2.75) is 44.6 Å². The Hall–Kier alpha value is -1.75. The fourth-order valence-electron chi connectivity index (χ4n) is 4.72. The highest BCUT2D eigenvalue weighted by Crippen LogP contribution is 2.47. The van der Waals surface area contributed by atoms with Crippen LogP contribution in [0.4, 0.5) is 0 Å². The lowest BCUT2D eigenvalue weighted by Gasteiger charge is -2.31. The first-order valence-electron chi connectivity index (χ1n) is 9.39. The number of carbonyl (C=O) groups is 1. The van der Waals surface area contributed by atoms with Gasteiger partial charge in [0.15, 0.2) is 11.5 Å². The van der Waals surface area contributed by atoms with Crippen molar-refractivity contribution in [3.05, 3.63) is 23.8 Å². The van der Waals surface area contributed by atoms with E-state index in [-0.39, 0.29) is 23.3 Å². The van der Waals surface area contributed by atoms with E-state index in [0.29, 0.717) is 31.6 Å². The second kappa shape index (κ2) is 6.20. The van der Waals surface area contributed by atoms with E-state index >= 15 is 0 Å². The zero-order valence-corrected chi connectivity index (χ0v) is 15.1. The molecule has 25 heavy (non-hydrogen) atoms. The molecule has 3 N–H and O–H groups in total. The summed E-state index contributed by atoms with van der Waals surface area (Å²) in [5.74, 6) is 2.74. The van der Waals surface area contributed by atoms with Gasteiger partial charge < -0.3 is 20.5 Å². The number of benzene rings is 1. The summed E-state index contributed by atoms with van der Waals surface area (Å²) in [6.07, 6.45) is 3.48. The number of rotatable bonds is 4. The number of carbonyl (C=O) groups excluding carboxylic acids is 1. The number of amides is 1. The Balaban J connectivity index is 1.42. The first-order valence-corrected chi connectivity index (χ1v) is 9.39. The maximum atomic E-state index is 12.7. The zero-order chi connectivity index (χ0) is 17.6. The Morgan fingerprint density at radius 2 is 1.92 bits per heavy atom. The molecule has 0 spiro atoms. The summed E-state index contributed by atoms with van der Waals surface area (Å²) in [7, 11) is 0. The number of nitrogens with one attached hydrogen (secondary N) is 1. The SMILES string of the molecule is CC(C)(CNC(=O)C1C2CCC(C2)C1N)c1ccc2c(c1)OCCO2. The normalized spacial score (nSPS) is 30.4. The van der Waals surface area contributed by atoms with Crippen LogP contribution >= 0.6 is 0 Å². The molecule has 4 atom stereocenters. The molecule has 4 rings (SSSR count). The van der Waals surface area contributed by atoms with Gasteiger partial charge in [0.25, 0.3) is 0 Å². The lowest BCUT2D eigenvalue weighted by atomic mass is 9.82. The van der Waals surface area contributed by atoms with Gasteiger partial charge in [-0.3, -0.25) is 4.79 Å². The molecule has 0 radical (unpaired) electrons. The minimum absolute atomic E-state index is 0.00480. The van der Waals surface area contributed by atoms with Gasteiger partial charge in [0.1, 0.15) is 13.2 Å². The summed E-state index contributed by atoms with van der Waals surface area (Å²) >= 11 is 0. The third-order valence-corrected chi connectivity index (χ3v) is 6.31. The van der Waals surface area contributed by atoms with E-state index in [4.69, 9.17) is 15.2 Å². The van der Waals surface area contributed by atoms with E-state index < -0.39 is 0 Å². The summed E-state index contributed by atoms with van der Waals surface area (Å²) in [6.45, 7) is 6.04. The van der Waals surface area contributed by atoms with Crippen LogP contribution in [0.15, 0.2) is 18.2 Å². The van der Waals surface area contributed by atoms with Gasteiger partial charge >= 0.3 is 0 Å². The van der Waals surface area contributed by atoms with Gasteiger partial charge in [-0.25, -0.2) is 0 Å². The van der Waals surface area contributed by atoms with Crippen LogP contribution in [-0.4, -0.2) is 31.7 Å². The maximum Gasteiger partial charge on any atom is 0.224 e. The van der Waals surface area contributed by atoms with Crippen LogP contribution in [0, 0.1) is 17.8 Å². The van der Waals surface area contributed by atoms with E-state index in [1.807, 2.05) is 12.1 Å². The molecule has 1 heterocycles. The monoisotopic (exact) mass is 344 g/mol. The van der Waals surface area contributed by atoms with Crippen molar-refractivity contribution in [3.8, 4) is 11.5 Å². The molecule has 5 heteroatoms. The molecule has 1 aromatic carbocycles. The maximum absolute atomic E-state index is 12.7. The van der Waals surface area contributed by atoms with E-state index in [9.17, 15) is 4.79 Å².